The Balaban J connectivity index is 1.23. The van der Waals surface area contributed by atoms with Gasteiger partial charge in [-0.2, -0.15) is 0 Å². The van der Waals surface area contributed by atoms with E-state index in [1.807, 2.05) is 30.5 Å². The highest BCUT2D eigenvalue weighted by Crippen LogP contribution is 2.57. The summed E-state index contributed by atoms with van der Waals surface area (Å²) in [5.41, 5.74) is 1.99. The highest BCUT2D eigenvalue weighted by atomic mass is 35.5. The molecule has 154 valence electrons. The minimum absolute atomic E-state index is 0.0107. The topological polar surface area (TPSA) is 86.0 Å². The van der Waals surface area contributed by atoms with Crippen molar-refractivity contribution in [2.24, 2.45) is 0 Å². The Labute approximate surface area is 179 Å². The third-order valence-electron chi connectivity index (χ3n) is 6.28. The van der Waals surface area contributed by atoms with E-state index in [4.69, 9.17) is 11.6 Å². The number of hydrogen-bond donors (Lipinski definition) is 4. The second-order valence-corrected chi connectivity index (χ2v) is 8.77. The van der Waals surface area contributed by atoms with Gasteiger partial charge in [0.05, 0.1) is 17.5 Å². The molecule has 0 spiro atoms. The number of carbonyl (C=O) groups is 2. The molecule has 6 nitrogen and oxygen atoms in total. The largest absolute Gasteiger partial charge is 0.361 e. The maximum atomic E-state index is 12.8. The Kier molecular flexibility index (Phi) is 4.47. The first-order valence-corrected chi connectivity index (χ1v) is 10.6. The monoisotopic (exact) mass is 422 g/mol. The number of aromatic nitrogens is 1. The smallest absolute Gasteiger partial charge is 0.319 e. The molecule has 1 heterocycles. The molecule has 30 heavy (non-hydrogen) atoms. The van der Waals surface area contributed by atoms with Gasteiger partial charge in [0, 0.05) is 27.8 Å². The number of anilines is 1. The van der Waals surface area contributed by atoms with Crippen molar-refractivity contribution in [2.45, 2.75) is 43.2 Å². The van der Waals surface area contributed by atoms with Crippen LogP contribution in [0, 0.1) is 0 Å². The van der Waals surface area contributed by atoms with Crippen LogP contribution in [-0.2, 0) is 11.2 Å². The zero-order valence-corrected chi connectivity index (χ0v) is 17.2. The predicted octanol–water partition coefficient (Wildman–Crippen LogP) is 4.37. The number of carbonyl (C=O) groups excluding carboxylic acids is 2. The zero-order valence-electron chi connectivity index (χ0n) is 16.4. The maximum Gasteiger partial charge on any atom is 0.319 e. The van der Waals surface area contributed by atoms with Crippen molar-refractivity contribution in [3.8, 4) is 0 Å². The lowest BCUT2D eigenvalue weighted by molar-refractivity contribution is -0.121. The molecule has 0 radical (unpaired) electrons. The number of aromatic amines is 1. The van der Waals surface area contributed by atoms with E-state index >= 15 is 0 Å². The molecule has 2 saturated carbocycles. The van der Waals surface area contributed by atoms with Crippen LogP contribution in [0.1, 0.15) is 31.2 Å². The standard InChI is InChI=1S/C23H23ClN4O2/c24-16-5-7-17(8-6-16)26-21(30)28-23(11-12-23)22(9-10-22)27-20(29)13-15-14-25-19-4-2-1-3-18(15)19/h1-8,14,25H,9-13H2,(H,27,29)(H2,26,28,30). The van der Waals surface area contributed by atoms with Crippen LogP contribution >= 0.6 is 11.6 Å². The van der Waals surface area contributed by atoms with Crippen LogP contribution in [0.4, 0.5) is 10.5 Å². The van der Waals surface area contributed by atoms with E-state index in [1.165, 1.54) is 0 Å². The Morgan fingerprint density at radius 2 is 1.60 bits per heavy atom. The van der Waals surface area contributed by atoms with Gasteiger partial charge in [-0.1, -0.05) is 29.8 Å². The number of nitrogens with one attached hydrogen (secondary N) is 4. The highest BCUT2D eigenvalue weighted by Gasteiger charge is 2.67. The molecular weight excluding hydrogens is 400 g/mol. The SMILES string of the molecule is O=C(Cc1c[nH]c2ccccc12)NC1(C2(NC(=O)Nc3ccc(Cl)cc3)CC2)CC1. The molecule has 5 rings (SSSR count). The minimum Gasteiger partial charge on any atom is -0.361 e. The van der Waals surface area contributed by atoms with E-state index in [-0.39, 0.29) is 23.0 Å². The summed E-state index contributed by atoms with van der Waals surface area (Å²) in [6, 6.07) is 14.7. The van der Waals surface area contributed by atoms with Gasteiger partial charge in [0.25, 0.3) is 0 Å². The van der Waals surface area contributed by atoms with E-state index in [0.717, 1.165) is 42.1 Å². The second-order valence-electron chi connectivity index (χ2n) is 8.33. The van der Waals surface area contributed by atoms with E-state index in [1.54, 1.807) is 24.3 Å². The molecule has 2 aliphatic rings. The number of rotatable bonds is 6. The van der Waals surface area contributed by atoms with Gasteiger partial charge in [-0.25, -0.2) is 4.79 Å². The van der Waals surface area contributed by atoms with Crippen LogP contribution in [-0.4, -0.2) is 28.0 Å². The lowest BCUT2D eigenvalue weighted by Gasteiger charge is -2.29. The van der Waals surface area contributed by atoms with E-state index in [2.05, 4.69) is 20.9 Å². The number of H-pyrrole nitrogens is 1. The van der Waals surface area contributed by atoms with Gasteiger partial charge < -0.3 is 20.9 Å². The number of hydrogen-bond acceptors (Lipinski definition) is 2. The Bertz CT molecular complexity index is 1110. The molecular formula is C23H23ClN4O2. The molecule has 0 unspecified atom stereocenters. The van der Waals surface area contributed by atoms with Gasteiger partial charge in [-0.3, -0.25) is 4.79 Å². The highest BCUT2D eigenvalue weighted by molar-refractivity contribution is 6.30. The second kappa shape index (κ2) is 7.06. The summed E-state index contributed by atoms with van der Waals surface area (Å²) in [7, 11) is 0. The van der Waals surface area contributed by atoms with Gasteiger partial charge in [0.2, 0.25) is 5.91 Å². The summed E-state index contributed by atoms with van der Waals surface area (Å²) in [6.45, 7) is 0. The van der Waals surface area contributed by atoms with Crippen LogP contribution < -0.4 is 16.0 Å². The van der Waals surface area contributed by atoms with Crippen LogP contribution in [0.15, 0.2) is 54.7 Å². The van der Waals surface area contributed by atoms with E-state index in [0.29, 0.717) is 17.1 Å². The number of benzene rings is 2. The summed E-state index contributed by atoms with van der Waals surface area (Å²) in [5, 5.41) is 10.9. The Hall–Kier alpha value is -2.99. The fraction of sp³-hybridized carbons (Fsp3) is 0.304. The van der Waals surface area contributed by atoms with E-state index < -0.39 is 0 Å². The van der Waals surface area contributed by atoms with Crippen molar-refractivity contribution in [2.75, 3.05) is 5.32 Å². The third-order valence-corrected chi connectivity index (χ3v) is 6.53. The number of halogens is 1. The number of amides is 3. The molecule has 2 aromatic carbocycles. The molecule has 2 fully saturated rings. The van der Waals surface area contributed by atoms with Gasteiger partial charge in [-0.05, 0) is 61.6 Å². The quantitative estimate of drug-likeness (QED) is 0.475. The lowest BCUT2D eigenvalue weighted by atomic mass is 10.0. The van der Waals surface area contributed by atoms with Crippen molar-refractivity contribution in [1.29, 1.82) is 0 Å². The predicted molar refractivity (Wildman–Crippen MR) is 118 cm³/mol. The van der Waals surface area contributed by atoms with Crippen LogP contribution in [0.3, 0.4) is 0 Å². The summed E-state index contributed by atoms with van der Waals surface area (Å²) in [5.74, 6) is -0.0107. The van der Waals surface area contributed by atoms with Crippen molar-refractivity contribution in [1.82, 2.24) is 15.6 Å². The normalized spacial score (nSPS) is 17.9. The molecule has 0 atom stereocenters. The van der Waals surface area contributed by atoms with Crippen LogP contribution in [0.2, 0.25) is 5.02 Å². The average Bonchev–Trinajstić information content (AvgIpc) is 3.64. The van der Waals surface area contributed by atoms with Crippen LogP contribution in [0.5, 0.6) is 0 Å². The average molecular weight is 423 g/mol. The number of fused-ring (bicyclic) bond motifs is 1. The molecule has 7 heteroatoms. The van der Waals surface area contributed by atoms with Gasteiger partial charge in [0.1, 0.15) is 0 Å². The first-order valence-electron chi connectivity index (χ1n) is 10.2. The molecule has 0 saturated heterocycles. The molecule has 3 amide bonds. The van der Waals surface area contributed by atoms with Gasteiger partial charge in [-0.15, -0.1) is 0 Å². The minimum atomic E-state index is -0.362. The fourth-order valence-electron chi connectivity index (χ4n) is 4.37. The van der Waals surface area contributed by atoms with Crippen molar-refractivity contribution < 1.29 is 9.59 Å². The fourth-order valence-corrected chi connectivity index (χ4v) is 4.50. The Morgan fingerprint density at radius 3 is 2.30 bits per heavy atom. The van der Waals surface area contributed by atoms with Crippen molar-refractivity contribution in [3.05, 3.63) is 65.3 Å². The van der Waals surface area contributed by atoms with E-state index in [9.17, 15) is 9.59 Å². The zero-order chi connectivity index (χ0) is 20.8. The van der Waals surface area contributed by atoms with Crippen molar-refractivity contribution >= 4 is 40.1 Å². The maximum absolute atomic E-state index is 12.8. The first-order chi connectivity index (χ1) is 14.5. The Morgan fingerprint density at radius 1 is 0.933 bits per heavy atom. The summed E-state index contributed by atoms with van der Waals surface area (Å²) in [6.07, 6.45) is 5.72. The summed E-state index contributed by atoms with van der Waals surface area (Å²) < 4.78 is 0. The lowest BCUT2D eigenvalue weighted by Crippen LogP contribution is -2.57. The van der Waals surface area contributed by atoms with Gasteiger partial charge in [0.15, 0.2) is 0 Å². The molecule has 1 aromatic heterocycles. The molecule has 0 aliphatic heterocycles. The van der Waals surface area contributed by atoms with Crippen LogP contribution in [0.25, 0.3) is 10.9 Å². The molecule has 2 aliphatic carbocycles. The van der Waals surface area contributed by atoms with Crippen molar-refractivity contribution in [3.63, 3.8) is 0 Å². The summed E-state index contributed by atoms with van der Waals surface area (Å²) >= 11 is 5.89. The first kappa shape index (κ1) is 19.0. The number of urea groups is 1. The third kappa shape index (κ3) is 3.52. The number of para-hydroxylation sites is 1. The molecule has 4 N–H and O–H groups in total. The summed E-state index contributed by atoms with van der Waals surface area (Å²) in [4.78, 5) is 28.6. The van der Waals surface area contributed by atoms with Gasteiger partial charge >= 0.3 is 6.03 Å². The molecule has 3 aromatic rings. The molecule has 0 bridgehead atoms.